The van der Waals surface area contributed by atoms with Crippen LogP contribution in [0.4, 0.5) is 22.7 Å². The molecule has 440 valence electrons. The number of hydrogen-bond acceptors (Lipinski definition) is 4. The Bertz CT molecular complexity index is 4020. The average Bonchev–Trinajstić information content (AvgIpc) is 2.06. The van der Waals surface area contributed by atoms with E-state index >= 15 is 0 Å². The largest absolute Gasteiger partial charge is 0.509 e. The van der Waals surface area contributed by atoms with Gasteiger partial charge in [0, 0.05) is 77.6 Å². The van der Waals surface area contributed by atoms with Crippen molar-refractivity contribution in [1.29, 1.82) is 0 Å². The standard InChI is InChI=1S/C79H85N4O.Pt/c1-73(2,3)55-38-39-80-72(46-55)83-68-37-34-56(77(13,14)52-28-22-19-23-29-52)45-65(68)64-36-35-62(48-69(64)83)84-63-44-57(74(4,5)6)41-61(47-63)82-51-81(70-49-66(75(7,8)9)67(50-71(70)82)76(10,11)12)60-42-58(78(15,16)53-30-24-20-25-31-53)40-59(43-60)79(17,18)54-32-26-21-27-33-54;/h19-46,49-51H,1-18H3;/q-3;. The van der Waals surface area contributed by atoms with E-state index in [1.165, 1.54) is 50.1 Å². The second kappa shape index (κ2) is 21.9. The van der Waals surface area contributed by atoms with Gasteiger partial charge in [0.2, 0.25) is 0 Å². The molecule has 0 unspecified atom stereocenters. The molecule has 0 aliphatic carbocycles. The quantitative estimate of drug-likeness (QED) is 0.121. The van der Waals surface area contributed by atoms with E-state index in [2.05, 4.69) is 334 Å². The van der Waals surface area contributed by atoms with Gasteiger partial charge in [-0.15, -0.1) is 53.6 Å². The van der Waals surface area contributed by atoms with Crippen molar-refractivity contribution >= 4 is 44.6 Å². The number of hydrogen-bond donors (Lipinski definition) is 0. The van der Waals surface area contributed by atoms with Gasteiger partial charge in [-0.2, -0.15) is 6.07 Å². The molecule has 0 atom stereocenters. The summed E-state index contributed by atoms with van der Waals surface area (Å²) in [6, 6.07) is 72.6. The van der Waals surface area contributed by atoms with Gasteiger partial charge in [-0.25, -0.2) is 4.98 Å². The van der Waals surface area contributed by atoms with Crippen LogP contribution in [0.2, 0.25) is 0 Å². The number of fused-ring (bicyclic) bond motifs is 4. The Morgan fingerprint density at radius 2 is 0.894 bits per heavy atom. The molecule has 3 heterocycles. The van der Waals surface area contributed by atoms with E-state index < -0.39 is 0 Å². The first-order valence-electron chi connectivity index (χ1n) is 30.1. The maximum Gasteiger partial charge on any atom is 0.135 e. The number of ether oxygens (including phenoxy) is 1. The SMILES string of the molecule is CC(C)(C)c1cc(Oc2[c-]c3c(cc2)c2cc(C(C)(C)c4ccccc4)ccc2n3-c2cc(C(C)(C)C)ccn2)[c-]c(N2[CH-]N(c3cc(C(C)(C)c4ccccc4)cc(C(C)(C)c4ccccc4)c3)c3cc(C(C)(C)C)c(C(C)(C)C)cc32)c1.[Pt]. The minimum atomic E-state index is -0.307. The van der Waals surface area contributed by atoms with E-state index in [1.807, 2.05) is 6.20 Å². The number of nitrogens with zero attached hydrogens (tertiary/aromatic N) is 4. The van der Waals surface area contributed by atoms with Gasteiger partial charge >= 0.3 is 0 Å². The molecule has 8 aromatic carbocycles. The number of aromatic nitrogens is 2. The monoisotopic (exact) mass is 1300 g/mol. The minimum Gasteiger partial charge on any atom is -0.509 e. The van der Waals surface area contributed by atoms with Gasteiger partial charge in [0.15, 0.2) is 0 Å². The van der Waals surface area contributed by atoms with Crippen LogP contribution in [-0.2, 0) is 59.0 Å². The Morgan fingerprint density at radius 1 is 0.388 bits per heavy atom. The van der Waals surface area contributed by atoms with Gasteiger partial charge in [-0.1, -0.05) is 239 Å². The number of benzene rings is 8. The van der Waals surface area contributed by atoms with E-state index in [0.29, 0.717) is 11.5 Å². The van der Waals surface area contributed by atoms with Crippen LogP contribution in [-0.4, -0.2) is 9.55 Å². The van der Waals surface area contributed by atoms with Crippen LogP contribution in [0.25, 0.3) is 27.6 Å². The molecular weight excluding hydrogens is 1220 g/mol. The van der Waals surface area contributed by atoms with Gasteiger partial charge in [-0.05, 0) is 120 Å². The Kier molecular flexibility index (Phi) is 15.7. The molecule has 0 bridgehead atoms. The maximum absolute atomic E-state index is 7.16. The summed E-state index contributed by atoms with van der Waals surface area (Å²) in [4.78, 5) is 9.83. The first-order chi connectivity index (χ1) is 39.4. The molecule has 6 heteroatoms. The third-order valence-electron chi connectivity index (χ3n) is 18.0. The summed E-state index contributed by atoms with van der Waals surface area (Å²) in [7, 11) is 0. The van der Waals surface area contributed by atoms with Crippen LogP contribution in [0.3, 0.4) is 0 Å². The predicted molar refractivity (Wildman–Crippen MR) is 355 cm³/mol. The van der Waals surface area contributed by atoms with Crippen molar-refractivity contribution in [1.82, 2.24) is 9.55 Å². The van der Waals surface area contributed by atoms with Gasteiger partial charge in [0.25, 0.3) is 0 Å². The third-order valence-corrected chi connectivity index (χ3v) is 18.0. The fourth-order valence-electron chi connectivity index (χ4n) is 12.3. The van der Waals surface area contributed by atoms with Crippen molar-refractivity contribution in [3.63, 3.8) is 0 Å². The second-order valence-corrected chi connectivity index (χ2v) is 29.3. The summed E-state index contributed by atoms with van der Waals surface area (Å²) >= 11 is 0. The van der Waals surface area contributed by atoms with Crippen molar-refractivity contribution < 1.29 is 25.8 Å². The van der Waals surface area contributed by atoms with Crippen molar-refractivity contribution in [2.75, 3.05) is 9.80 Å². The molecule has 10 aromatic rings. The molecule has 1 aliphatic heterocycles. The molecule has 0 spiro atoms. The predicted octanol–water partition coefficient (Wildman–Crippen LogP) is 21.1. The van der Waals surface area contributed by atoms with E-state index in [0.717, 1.165) is 55.9 Å². The van der Waals surface area contributed by atoms with E-state index in [1.54, 1.807) is 0 Å². The van der Waals surface area contributed by atoms with Crippen LogP contribution >= 0.6 is 0 Å². The minimum absolute atomic E-state index is 0. The number of anilines is 4. The summed E-state index contributed by atoms with van der Waals surface area (Å²) in [5, 5.41) is 2.22. The van der Waals surface area contributed by atoms with Gasteiger partial charge in [-0.3, -0.25) is 0 Å². The summed E-state index contributed by atoms with van der Waals surface area (Å²) < 4.78 is 9.42. The molecule has 0 N–H and O–H groups in total. The molecule has 0 fully saturated rings. The van der Waals surface area contributed by atoms with Crippen LogP contribution in [0, 0.1) is 18.8 Å². The zero-order chi connectivity index (χ0) is 60.1. The Labute approximate surface area is 522 Å². The second-order valence-electron chi connectivity index (χ2n) is 29.3. The number of pyridine rings is 1. The molecule has 0 saturated heterocycles. The Morgan fingerprint density at radius 3 is 1.40 bits per heavy atom. The molecule has 85 heavy (non-hydrogen) atoms. The van der Waals surface area contributed by atoms with Crippen molar-refractivity contribution in [2.45, 2.75) is 163 Å². The Balaban J connectivity index is 0.00000803. The number of rotatable bonds is 11. The van der Waals surface area contributed by atoms with Crippen molar-refractivity contribution in [2.24, 2.45) is 0 Å². The molecule has 0 amide bonds. The molecule has 0 radical (unpaired) electrons. The van der Waals surface area contributed by atoms with Crippen LogP contribution in [0.15, 0.2) is 182 Å². The zero-order valence-corrected chi connectivity index (χ0v) is 55.7. The van der Waals surface area contributed by atoms with Gasteiger partial charge in [0.05, 0.1) is 0 Å². The molecule has 1 aliphatic rings. The topological polar surface area (TPSA) is 33.5 Å². The van der Waals surface area contributed by atoms with Crippen molar-refractivity contribution in [3.05, 3.63) is 257 Å². The normalized spacial score (nSPS) is 13.6. The van der Waals surface area contributed by atoms with E-state index in [9.17, 15) is 0 Å². The third kappa shape index (κ3) is 11.6. The van der Waals surface area contributed by atoms with Gasteiger partial charge in [0.1, 0.15) is 5.82 Å². The molecular formula is C79H85N4OPt-3. The van der Waals surface area contributed by atoms with E-state index in [4.69, 9.17) is 9.72 Å². The summed E-state index contributed by atoms with van der Waals surface area (Å²) in [5.41, 5.74) is 17.3. The molecule has 0 saturated carbocycles. The zero-order valence-electron chi connectivity index (χ0n) is 53.4. The van der Waals surface area contributed by atoms with Crippen molar-refractivity contribution in [3.8, 4) is 17.3 Å². The Hall–Kier alpha value is -7.20. The van der Waals surface area contributed by atoms with Gasteiger partial charge < -0.3 is 19.1 Å². The van der Waals surface area contributed by atoms with Crippen LogP contribution < -0.4 is 14.5 Å². The molecule has 5 nitrogen and oxygen atoms in total. The molecule has 2 aromatic heterocycles. The fourth-order valence-corrected chi connectivity index (χ4v) is 12.3. The smallest absolute Gasteiger partial charge is 0.135 e. The summed E-state index contributed by atoms with van der Waals surface area (Å²) in [6.07, 6.45) is 1.94. The fraction of sp³-hybridized carbons (Fsp3) is 0.316. The maximum atomic E-state index is 7.16. The first kappa shape index (κ1) is 60.9. The van der Waals surface area contributed by atoms with Crippen LogP contribution in [0.1, 0.15) is 180 Å². The molecule has 11 rings (SSSR count). The first-order valence-corrected chi connectivity index (χ1v) is 30.1. The summed E-state index contributed by atoms with van der Waals surface area (Å²) in [5.74, 6) is 2.06. The summed E-state index contributed by atoms with van der Waals surface area (Å²) in [6.45, 7) is 44.0. The average molecular weight is 1300 g/mol. The van der Waals surface area contributed by atoms with Crippen LogP contribution in [0.5, 0.6) is 11.5 Å². The van der Waals surface area contributed by atoms with E-state index in [-0.39, 0.29) is 59.0 Å².